The lowest BCUT2D eigenvalue weighted by Gasteiger charge is -2.13. The van der Waals surface area contributed by atoms with Crippen molar-refractivity contribution >= 4 is 23.8 Å². The third-order valence-electron chi connectivity index (χ3n) is 6.43. The van der Waals surface area contributed by atoms with Crippen LogP contribution in [0, 0.1) is 19.3 Å². The fourth-order valence-electron chi connectivity index (χ4n) is 4.33. The topological polar surface area (TPSA) is 126 Å². The van der Waals surface area contributed by atoms with Crippen LogP contribution in [0.1, 0.15) is 46.7 Å². The summed E-state index contributed by atoms with van der Waals surface area (Å²) in [5.41, 5.74) is 7.61. The van der Waals surface area contributed by atoms with E-state index in [0.717, 1.165) is 23.2 Å². The van der Waals surface area contributed by atoms with E-state index in [1.54, 1.807) is 23.6 Å². The summed E-state index contributed by atoms with van der Waals surface area (Å²) in [6, 6.07) is 21.4. The molecule has 0 atom stereocenters. The minimum atomic E-state index is -0.253. The quantitative estimate of drug-likeness (QED) is 0.120. The summed E-state index contributed by atoms with van der Waals surface area (Å²) in [5, 5.41) is 13.6. The highest BCUT2D eigenvalue weighted by Gasteiger charge is 2.09. The lowest BCUT2D eigenvalue weighted by molar-refractivity contribution is -0.142. The predicted octanol–water partition coefficient (Wildman–Crippen LogP) is 4.66. The Hall–Kier alpha value is -5.05. The van der Waals surface area contributed by atoms with Crippen LogP contribution in [0.5, 0.6) is 0 Å². The van der Waals surface area contributed by atoms with Gasteiger partial charge in [-0.05, 0) is 67.6 Å². The highest BCUT2D eigenvalue weighted by atomic mass is 16.5. The number of nitrogens with one attached hydrogen (secondary N) is 3. The Balaban J connectivity index is 0.000000236. The van der Waals surface area contributed by atoms with Crippen LogP contribution in [-0.4, -0.2) is 47.3 Å². The maximum absolute atomic E-state index is 11.7. The van der Waals surface area contributed by atoms with Gasteiger partial charge in [-0.25, -0.2) is 0 Å². The number of pyridine rings is 2. The molecule has 2 aromatic heterocycles. The van der Waals surface area contributed by atoms with Crippen LogP contribution in [0.15, 0.2) is 90.1 Å². The van der Waals surface area contributed by atoms with Crippen LogP contribution in [0.3, 0.4) is 0 Å². The van der Waals surface area contributed by atoms with Crippen molar-refractivity contribution < 1.29 is 14.3 Å². The fraction of sp³-hybridized carbons (Fsp3) is 0.265. The molecule has 2 heterocycles. The number of ether oxygens (including phenoxy) is 1. The average molecular weight is 582 g/mol. The lowest BCUT2D eigenvalue weighted by Crippen LogP contribution is -2.22. The van der Waals surface area contributed by atoms with Crippen LogP contribution in [0.4, 0.5) is 5.69 Å². The molecule has 0 bridgehead atoms. The molecule has 0 spiro atoms. The van der Waals surface area contributed by atoms with Crippen molar-refractivity contribution in [3.63, 3.8) is 0 Å². The van der Waals surface area contributed by atoms with Crippen LogP contribution in [-0.2, 0) is 27.3 Å². The molecule has 0 saturated carbocycles. The number of benzene rings is 2. The summed E-state index contributed by atoms with van der Waals surface area (Å²) in [4.78, 5) is 37.6. The first-order chi connectivity index (χ1) is 20.8. The van der Waals surface area contributed by atoms with Gasteiger partial charge in [0.05, 0.1) is 31.8 Å². The van der Waals surface area contributed by atoms with Crippen molar-refractivity contribution in [2.24, 2.45) is 0 Å². The van der Waals surface area contributed by atoms with E-state index in [1.807, 2.05) is 49.8 Å². The summed E-state index contributed by atoms with van der Waals surface area (Å²) >= 11 is 0. The number of amides is 1. The monoisotopic (exact) mass is 581 g/mol. The van der Waals surface area contributed by atoms with Crippen molar-refractivity contribution in [3.8, 4) is 0 Å². The van der Waals surface area contributed by atoms with Crippen molar-refractivity contribution in [1.82, 2.24) is 14.9 Å². The summed E-state index contributed by atoms with van der Waals surface area (Å²) in [5.74, 6) is -0.253. The number of esters is 1. The number of aromatic nitrogens is 2. The van der Waals surface area contributed by atoms with E-state index in [4.69, 9.17) is 10.1 Å². The molecule has 2 aromatic carbocycles. The molecular formula is C34H39N5O4. The van der Waals surface area contributed by atoms with Crippen LogP contribution >= 0.6 is 0 Å². The van der Waals surface area contributed by atoms with Crippen molar-refractivity contribution in [2.45, 2.75) is 40.2 Å². The van der Waals surface area contributed by atoms with Crippen LogP contribution < -0.4 is 16.2 Å². The van der Waals surface area contributed by atoms with E-state index < -0.39 is 0 Å². The Bertz CT molecular complexity index is 1560. The van der Waals surface area contributed by atoms with E-state index in [1.165, 1.54) is 16.7 Å². The normalized spacial score (nSPS) is 10.2. The zero-order chi connectivity index (χ0) is 31.0. The number of anilines is 1. The SMILES string of the molecule is CCOC(=O)CCNc1ccc(C)cc1C(=N)CNC=O.Cc1cncc(Cc2ccc(Cn3ccccc3=O)cc2)c1. The number of hydrogen-bond acceptors (Lipinski definition) is 7. The first kappa shape index (κ1) is 32.5. The first-order valence-electron chi connectivity index (χ1n) is 14.2. The molecule has 0 fully saturated rings. The summed E-state index contributed by atoms with van der Waals surface area (Å²) in [6.07, 6.45) is 7.29. The summed E-state index contributed by atoms with van der Waals surface area (Å²) < 4.78 is 6.57. The number of rotatable bonds is 13. The van der Waals surface area contributed by atoms with Crippen molar-refractivity contribution in [3.05, 3.63) is 129 Å². The van der Waals surface area contributed by atoms with Gasteiger partial charge in [0.2, 0.25) is 6.41 Å². The van der Waals surface area contributed by atoms with Gasteiger partial charge in [-0.1, -0.05) is 48.0 Å². The Kier molecular flexibility index (Phi) is 12.9. The highest BCUT2D eigenvalue weighted by Crippen LogP contribution is 2.18. The molecule has 224 valence electrons. The van der Waals surface area contributed by atoms with Gasteiger partial charge >= 0.3 is 5.97 Å². The fourth-order valence-corrected chi connectivity index (χ4v) is 4.33. The maximum atomic E-state index is 11.7. The van der Waals surface area contributed by atoms with E-state index in [-0.39, 0.29) is 24.5 Å². The molecule has 0 unspecified atom stereocenters. The first-order valence-corrected chi connectivity index (χ1v) is 14.2. The standard InChI is InChI=1S/C19H18N2O.C15H21N3O3/c1-15-10-18(13-20-12-15)11-16-5-7-17(8-6-16)14-21-9-3-2-4-19(21)22;1-3-21-15(20)6-7-18-14-5-4-11(2)8-12(14)13(16)9-17-10-19/h2-10,12-13H,11,14H2,1H3;4-5,8,10,16,18H,3,6-7,9H2,1-2H3,(H,17,19). The molecule has 43 heavy (non-hydrogen) atoms. The molecule has 0 saturated heterocycles. The molecule has 9 heteroatoms. The van der Waals surface area contributed by atoms with Gasteiger partial charge < -0.3 is 25.3 Å². The molecule has 4 rings (SSSR count). The Labute approximate surface area is 252 Å². The summed E-state index contributed by atoms with van der Waals surface area (Å²) in [6.45, 7) is 7.33. The van der Waals surface area contributed by atoms with Crippen molar-refractivity contribution in [2.75, 3.05) is 25.0 Å². The number of hydrogen-bond donors (Lipinski definition) is 3. The zero-order valence-electron chi connectivity index (χ0n) is 24.9. The van der Waals surface area contributed by atoms with Crippen molar-refractivity contribution in [1.29, 1.82) is 5.41 Å². The third kappa shape index (κ3) is 11.0. The minimum Gasteiger partial charge on any atom is -0.466 e. The second-order valence-electron chi connectivity index (χ2n) is 10.0. The largest absolute Gasteiger partial charge is 0.466 e. The van der Waals surface area contributed by atoms with E-state index in [9.17, 15) is 14.4 Å². The Morgan fingerprint density at radius 2 is 1.74 bits per heavy atom. The average Bonchev–Trinajstić information content (AvgIpc) is 2.99. The number of aryl methyl sites for hydroxylation is 2. The molecule has 1 amide bonds. The van der Waals surface area contributed by atoms with E-state index in [0.29, 0.717) is 37.4 Å². The van der Waals surface area contributed by atoms with Gasteiger partial charge in [-0.3, -0.25) is 19.4 Å². The predicted molar refractivity (Wildman–Crippen MR) is 170 cm³/mol. The van der Waals surface area contributed by atoms with Crippen LogP contribution in [0.2, 0.25) is 0 Å². The molecule has 4 aromatic rings. The summed E-state index contributed by atoms with van der Waals surface area (Å²) in [7, 11) is 0. The van der Waals surface area contributed by atoms with Gasteiger partial charge in [-0.15, -0.1) is 0 Å². The molecule has 9 nitrogen and oxygen atoms in total. The second-order valence-corrected chi connectivity index (χ2v) is 10.0. The van der Waals surface area contributed by atoms with Crippen LogP contribution in [0.25, 0.3) is 0 Å². The Morgan fingerprint density at radius 1 is 0.977 bits per heavy atom. The molecule has 0 aliphatic heterocycles. The van der Waals surface area contributed by atoms with Gasteiger partial charge in [0.15, 0.2) is 0 Å². The van der Waals surface area contributed by atoms with E-state index >= 15 is 0 Å². The van der Waals surface area contributed by atoms with Gasteiger partial charge in [-0.2, -0.15) is 0 Å². The Morgan fingerprint density at radius 3 is 2.44 bits per heavy atom. The third-order valence-corrected chi connectivity index (χ3v) is 6.43. The van der Waals surface area contributed by atoms with Gasteiger partial charge in [0.25, 0.3) is 5.56 Å². The number of carbonyl (C=O) groups excluding carboxylic acids is 2. The number of carbonyl (C=O) groups is 2. The maximum Gasteiger partial charge on any atom is 0.307 e. The minimum absolute atomic E-state index is 0.0254. The van der Waals surface area contributed by atoms with E-state index in [2.05, 4.69) is 52.9 Å². The molecule has 0 aliphatic rings. The molecule has 0 radical (unpaired) electrons. The second kappa shape index (κ2) is 17.0. The van der Waals surface area contributed by atoms with Gasteiger partial charge in [0, 0.05) is 42.5 Å². The smallest absolute Gasteiger partial charge is 0.307 e. The number of nitrogens with zero attached hydrogens (tertiary/aromatic N) is 2. The highest BCUT2D eigenvalue weighted by molar-refractivity contribution is 6.05. The molecule has 0 aliphatic carbocycles. The van der Waals surface area contributed by atoms with Gasteiger partial charge in [0.1, 0.15) is 0 Å². The lowest BCUT2D eigenvalue weighted by atomic mass is 10.0. The zero-order valence-corrected chi connectivity index (χ0v) is 24.9. The molecular weight excluding hydrogens is 542 g/mol. The molecule has 3 N–H and O–H groups in total.